The first-order valence-electron chi connectivity index (χ1n) is 6.85. The summed E-state index contributed by atoms with van der Waals surface area (Å²) >= 11 is 1.28. The topological polar surface area (TPSA) is 56.0 Å². The van der Waals surface area contributed by atoms with Crippen molar-refractivity contribution in [1.29, 1.82) is 0 Å². The zero-order chi connectivity index (χ0) is 15.4. The molecular formula is C17H14N2O2S. The highest BCUT2D eigenvalue weighted by molar-refractivity contribution is 8.00. The van der Waals surface area contributed by atoms with Gasteiger partial charge < -0.3 is 4.42 Å². The highest BCUT2D eigenvalue weighted by Crippen LogP contribution is 2.36. The van der Waals surface area contributed by atoms with Crippen LogP contribution in [0.25, 0.3) is 11.5 Å². The lowest BCUT2D eigenvalue weighted by atomic mass is 10.1. The first-order chi connectivity index (χ1) is 10.7. The van der Waals surface area contributed by atoms with Crippen molar-refractivity contribution in [3.05, 3.63) is 66.2 Å². The molecule has 0 bridgehead atoms. The van der Waals surface area contributed by atoms with Crippen molar-refractivity contribution in [1.82, 2.24) is 10.2 Å². The maximum atomic E-state index is 11.9. The second kappa shape index (κ2) is 6.58. The zero-order valence-corrected chi connectivity index (χ0v) is 12.8. The minimum atomic E-state index is -0.342. The predicted octanol–water partition coefficient (Wildman–Crippen LogP) is 4.16. The Hall–Kier alpha value is -2.40. The van der Waals surface area contributed by atoms with Crippen molar-refractivity contribution in [2.24, 2.45) is 0 Å². The SMILES string of the molecule is CC(=O)[C@H](Sc1nnc(-c2ccccc2)o1)c1ccccc1. The Kier molecular flexibility index (Phi) is 4.34. The Labute approximate surface area is 132 Å². The molecule has 0 unspecified atom stereocenters. The first kappa shape index (κ1) is 14.5. The third-order valence-corrected chi connectivity index (χ3v) is 4.32. The minimum absolute atomic E-state index is 0.0515. The zero-order valence-electron chi connectivity index (χ0n) is 12.0. The van der Waals surface area contributed by atoms with Crippen molar-refractivity contribution < 1.29 is 9.21 Å². The summed E-state index contributed by atoms with van der Waals surface area (Å²) in [7, 11) is 0. The van der Waals surface area contributed by atoms with Gasteiger partial charge in [0.05, 0.1) is 5.25 Å². The molecule has 0 aliphatic rings. The van der Waals surface area contributed by atoms with Gasteiger partial charge in [0.25, 0.3) is 5.22 Å². The van der Waals surface area contributed by atoms with E-state index in [2.05, 4.69) is 10.2 Å². The highest BCUT2D eigenvalue weighted by Gasteiger charge is 2.21. The summed E-state index contributed by atoms with van der Waals surface area (Å²) in [6, 6.07) is 19.2. The number of hydrogen-bond acceptors (Lipinski definition) is 5. The lowest BCUT2D eigenvalue weighted by Crippen LogP contribution is -2.04. The lowest BCUT2D eigenvalue weighted by Gasteiger charge is -2.10. The average Bonchev–Trinajstić information content (AvgIpc) is 3.03. The molecule has 4 nitrogen and oxygen atoms in total. The number of rotatable bonds is 5. The molecule has 0 aliphatic heterocycles. The number of carbonyl (C=O) groups excluding carboxylic acids is 1. The Balaban J connectivity index is 1.83. The summed E-state index contributed by atoms with van der Waals surface area (Å²) in [6.45, 7) is 1.57. The van der Waals surface area contributed by atoms with Crippen molar-refractivity contribution >= 4 is 17.5 Å². The molecule has 110 valence electrons. The lowest BCUT2D eigenvalue weighted by molar-refractivity contribution is -0.116. The number of aromatic nitrogens is 2. The fourth-order valence-corrected chi connectivity index (χ4v) is 2.94. The Morgan fingerprint density at radius 1 is 1.00 bits per heavy atom. The molecule has 0 saturated carbocycles. The molecule has 0 fully saturated rings. The van der Waals surface area contributed by atoms with E-state index in [4.69, 9.17) is 4.42 Å². The van der Waals surface area contributed by atoms with Gasteiger partial charge in [-0.1, -0.05) is 48.5 Å². The fraction of sp³-hybridized carbons (Fsp3) is 0.118. The average molecular weight is 310 g/mol. The maximum Gasteiger partial charge on any atom is 0.277 e. The van der Waals surface area contributed by atoms with Gasteiger partial charge >= 0.3 is 0 Å². The number of carbonyl (C=O) groups is 1. The minimum Gasteiger partial charge on any atom is -0.411 e. The maximum absolute atomic E-state index is 11.9. The number of thioether (sulfide) groups is 1. The summed E-state index contributed by atoms with van der Waals surface area (Å²) in [6.07, 6.45) is 0. The van der Waals surface area contributed by atoms with Crippen LogP contribution >= 0.6 is 11.8 Å². The van der Waals surface area contributed by atoms with Gasteiger partial charge in [0.1, 0.15) is 5.78 Å². The largest absolute Gasteiger partial charge is 0.411 e. The molecule has 0 spiro atoms. The third-order valence-electron chi connectivity index (χ3n) is 3.12. The van der Waals surface area contributed by atoms with E-state index in [1.165, 1.54) is 11.8 Å². The fourth-order valence-electron chi connectivity index (χ4n) is 2.07. The Morgan fingerprint density at radius 2 is 1.64 bits per heavy atom. The van der Waals surface area contributed by atoms with E-state index in [-0.39, 0.29) is 11.0 Å². The molecule has 22 heavy (non-hydrogen) atoms. The van der Waals surface area contributed by atoms with E-state index < -0.39 is 0 Å². The van der Waals surface area contributed by atoms with Gasteiger partial charge in [-0.15, -0.1) is 10.2 Å². The van der Waals surface area contributed by atoms with Crippen LogP contribution < -0.4 is 0 Å². The molecule has 0 radical (unpaired) electrons. The highest BCUT2D eigenvalue weighted by atomic mass is 32.2. The van der Waals surface area contributed by atoms with Crippen LogP contribution in [0.15, 0.2) is 70.3 Å². The van der Waals surface area contributed by atoms with Crippen LogP contribution in [0.2, 0.25) is 0 Å². The molecule has 1 heterocycles. The molecule has 0 saturated heterocycles. The summed E-state index contributed by atoms with van der Waals surface area (Å²) in [5, 5.41) is 8.13. The Bertz CT molecular complexity index is 757. The van der Waals surface area contributed by atoms with E-state index in [0.29, 0.717) is 11.1 Å². The van der Waals surface area contributed by atoms with E-state index in [9.17, 15) is 4.79 Å². The summed E-state index contributed by atoms with van der Waals surface area (Å²) < 4.78 is 5.66. The molecule has 3 aromatic rings. The van der Waals surface area contributed by atoms with E-state index >= 15 is 0 Å². The number of hydrogen-bond donors (Lipinski definition) is 0. The third kappa shape index (κ3) is 3.26. The molecule has 0 N–H and O–H groups in total. The van der Waals surface area contributed by atoms with Crippen molar-refractivity contribution in [2.45, 2.75) is 17.4 Å². The number of benzene rings is 2. The van der Waals surface area contributed by atoms with Gasteiger partial charge in [0, 0.05) is 5.56 Å². The van der Waals surface area contributed by atoms with Gasteiger partial charge in [0.2, 0.25) is 5.89 Å². The second-order valence-corrected chi connectivity index (χ2v) is 5.81. The van der Waals surface area contributed by atoms with Gasteiger partial charge in [-0.3, -0.25) is 4.79 Å². The molecule has 1 atom stereocenters. The predicted molar refractivity (Wildman–Crippen MR) is 85.5 cm³/mol. The van der Waals surface area contributed by atoms with E-state index in [1.54, 1.807) is 6.92 Å². The van der Waals surface area contributed by atoms with Crippen molar-refractivity contribution in [3.63, 3.8) is 0 Å². The molecule has 1 aromatic heterocycles. The molecule has 0 amide bonds. The van der Waals surface area contributed by atoms with Gasteiger partial charge in [-0.05, 0) is 36.4 Å². The van der Waals surface area contributed by atoms with Crippen LogP contribution in [0.1, 0.15) is 17.7 Å². The van der Waals surface area contributed by atoms with Crippen LogP contribution in [0.3, 0.4) is 0 Å². The Morgan fingerprint density at radius 3 is 2.27 bits per heavy atom. The molecular weight excluding hydrogens is 296 g/mol. The summed E-state index contributed by atoms with van der Waals surface area (Å²) in [5.41, 5.74) is 1.79. The second-order valence-electron chi connectivity index (χ2n) is 4.76. The molecule has 3 rings (SSSR count). The molecule has 0 aliphatic carbocycles. The van der Waals surface area contributed by atoms with Crippen LogP contribution in [0.4, 0.5) is 0 Å². The molecule has 2 aromatic carbocycles. The standard InChI is InChI=1S/C17H14N2O2S/c1-12(20)15(13-8-4-2-5-9-13)22-17-19-18-16(21-17)14-10-6-3-7-11-14/h2-11,15H,1H3/t15-/m0/s1. The van der Waals surface area contributed by atoms with E-state index in [1.807, 2.05) is 60.7 Å². The van der Waals surface area contributed by atoms with Crippen molar-refractivity contribution in [2.75, 3.05) is 0 Å². The van der Waals surface area contributed by atoms with Crippen molar-refractivity contribution in [3.8, 4) is 11.5 Å². The number of nitrogens with zero attached hydrogens (tertiary/aromatic N) is 2. The van der Waals surface area contributed by atoms with E-state index in [0.717, 1.165) is 11.1 Å². The quantitative estimate of drug-likeness (QED) is 0.662. The van der Waals surface area contributed by atoms with Crippen LogP contribution in [0, 0.1) is 0 Å². The summed E-state index contributed by atoms with van der Waals surface area (Å²) in [5.74, 6) is 0.508. The normalized spacial score (nSPS) is 12.0. The van der Waals surface area contributed by atoms with Crippen LogP contribution in [0.5, 0.6) is 0 Å². The van der Waals surface area contributed by atoms with Gasteiger partial charge in [-0.2, -0.15) is 0 Å². The first-order valence-corrected chi connectivity index (χ1v) is 7.73. The van der Waals surface area contributed by atoms with Gasteiger partial charge in [-0.25, -0.2) is 0 Å². The smallest absolute Gasteiger partial charge is 0.277 e. The van der Waals surface area contributed by atoms with Crippen LogP contribution in [-0.2, 0) is 4.79 Å². The van der Waals surface area contributed by atoms with Gasteiger partial charge in [0.15, 0.2) is 0 Å². The van der Waals surface area contributed by atoms with Crippen LogP contribution in [-0.4, -0.2) is 16.0 Å². The monoisotopic (exact) mass is 310 g/mol. The molecule has 5 heteroatoms. The summed E-state index contributed by atoms with van der Waals surface area (Å²) in [4.78, 5) is 11.9. The number of Topliss-reactive ketones (excluding diaryl/α,β-unsaturated/α-hetero) is 1. The number of ketones is 1.